The van der Waals surface area contributed by atoms with E-state index in [0.717, 1.165) is 10.9 Å². The van der Waals surface area contributed by atoms with Crippen LogP contribution in [-0.4, -0.2) is 9.79 Å². The number of phosphoric acid groups is 1. The molecule has 0 aliphatic rings. The third-order valence-electron chi connectivity index (χ3n) is 3.41. The molecule has 0 unspecified atom stereocenters. The molecule has 0 radical (unpaired) electrons. The summed E-state index contributed by atoms with van der Waals surface area (Å²) in [5.41, 5.74) is 7.33. The number of nitrogen functional groups attached to an aromatic ring is 1. The molecular formula is C17H16ClN3O4P+. The average Bonchev–Trinajstić information content (AvgIpc) is 2.58. The summed E-state index contributed by atoms with van der Waals surface area (Å²) in [4.78, 5) is 20.4. The summed E-state index contributed by atoms with van der Waals surface area (Å²) in [7, 11) is -4.49. The molecular weight excluding hydrogens is 377 g/mol. The summed E-state index contributed by atoms with van der Waals surface area (Å²) in [6, 6.07) is 15.5. The van der Waals surface area contributed by atoms with E-state index in [0.29, 0.717) is 21.8 Å². The Balaban J connectivity index is 0.000000197. The van der Waals surface area contributed by atoms with E-state index in [2.05, 4.69) is 9.50 Å². The lowest BCUT2D eigenvalue weighted by molar-refractivity contribution is 0.284. The summed E-state index contributed by atoms with van der Waals surface area (Å²) in [6.07, 6.45) is 0. The SMILES string of the molecule is Cc1cc([N+]#N)c(Cl)cc1N.O=P(O)(O)Oc1cccc2ccccc12. The Labute approximate surface area is 154 Å². The lowest BCUT2D eigenvalue weighted by Gasteiger charge is -2.09. The second-order valence-electron chi connectivity index (χ2n) is 5.32. The number of anilines is 1. The van der Waals surface area contributed by atoms with Gasteiger partial charge in [-0.2, -0.15) is 0 Å². The Morgan fingerprint density at radius 2 is 1.81 bits per heavy atom. The van der Waals surface area contributed by atoms with Gasteiger partial charge in [-0.3, -0.25) is 9.79 Å². The molecule has 0 bridgehead atoms. The molecule has 7 nitrogen and oxygen atoms in total. The van der Waals surface area contributed by atoms with E-state index in [1.54, 1.807) is 30.3 Å². The zero-order chi connectivity index (χ0) is 19.3. The molecule has 0 aliphatic carbocycles. The molecule has 134 valence electrons. The van der Waals surface area contributed by atoms with Gasteiger partial charge in [-0.1, -0.05) is 48.0 Å². The van der Waals surface area contributed by atoms with Gasteiger partial charge in [0, 0.05) is 17.1 Å². The van der Waals surface area contributed by atoms with Crippen molar-refractivity contribution in [2.24, 2.45) is 0 Å². The van der Waals surface area contributed by atoms with E-state index in [9.17, 15) is 4.57 Å². The number of nitrogens with two attached hydrogens (primary N) is 1. The minimum atomic E-state index is -4.49. The number of nitrogens with zero attached hydrogens (tertiary/aromatic N) is 2. The Hall–Kier alpha value is -2.62. The minimum Gasteiger partial charge on any atom is -0.404 e. The number of halogens is 1. The van der Waals surface area contributed by atoms with Crippen molar-refractivity contribution in [2.45, 2.75) is 6.92 Å². The van der Waals surface area contributed by atoms with E-state index < -0.39 is 7.82 Å². The second kappa shape index (κ2) is 8.17. The first-order valence-corrected chi connectivity index (χ1v) is 9.25. The fraction of sp³-hybridized carbons (Fsp3) is 0.0588. The molecule has 26 heavy (non-hydrogen) atoms. The molecule has 4 N–H and O–H groups in total. The van der Waals surface area contributed by atoms with Crippen molar-refractivity contribution < 1.29 is 18.9 Å². The van der Waals surface area contributed by atoms with Crippen molar-refractivity contribution in [1.29, 1.82) is 5.39 Å². The Morgan fingerprint density at radius 1 is 1.15 bits per heavy atom. The maximum Gasteiger partial charge on any atom is 0.524 e. The molecule has 0 heterocycles. The fourth-order valence-electron chi connectivity index (χ4n) is 2.16. The maximum atomic E-state index is 10.7. The summed E-state index contributed by atoms with van der Waals surface area (Å²) < 4.78 is 15.3. The molecule has 0 aromatic heterocycles. The van der Waals surface area contributed by atoms with Crippen LogP contribution in [0.2, 0.25) is 5.02 Å². The van der Waals surface area contributed by atoms with Crippen molar-refractivity contribution >= 4 is 41.6 Å². The second-order valence-corrected chi connectivity index (χ2v) is 6.89. The molecule has 3 rings (SSSR count). The number of aryl methyl sites for hydroxylation is 1. The van der Waals surface area contributed by atoms with Gasteiger partial charge in [0.25, 0.3) is 0 Å². The van der Waals surface area contributed by atoms with Crippen LogP contribution in [0.3, 0.4) is 0 Å². The van der Waals surface area contributed by atoms with Crippen molar-refractivity contribution in [1.82, 2.24) is 0 Å². The number of benzene rings is 3. The summed E-state index contributed by atoms with van der Waals surface area (Å²) >= 11 is 5.67. The molecule has 0 spiro atoms. The quantitative estimate of drug-likeness (QED) is 0.319. The topological polar surface area (TPSA) is 121 Å². The highest BCUT2D eigenvalue weighted by atomic mass is 35.5. The third-order valence-corrected chi connectivity index (χ3v) is 4.15. The molecule has 3 aromatic carbocycles. The maximum absolute atomic E-state index is 10.7. The van der Waals surface area contributed by atoms with E-state index in [1.807, 2.05) is 25.1 Å². The normalized spacial score (nSPS) is 10.6. The highest BCUT2D eigenvalue weighted by Gasteiger charge is 2.17. The monoisotopic (exact) mass is 392 g/mol. The van der Waals surface area contributed by atoms with Crippen molar-refractivity contribution in [2.75, 3.05) is 5.73 Å². The highest BCUT2D eigenvalue weighted by molar-refractivity contribution is 7.46. The van der Waals surface area contributed by atoms with Gasteiger partial charge in [-0.25, -0.2) is 4.57 Å². The zero-order valence-electron chi connectivity index (χ0n) is 13.7. The van der Waals surface area contributed by atoms with Crippen LogP contribution in [0.25, 0.3) is 15.7 Å². The predicted octanol–water partition coefficient (Wildman–Crippen LogP) is 5.03. The average molecular weight is 393 g/mol. The smallest absolute Gasteiger partial charge is 0.404 e. The number of hydrogen-bond acceptors (Lipinski definition) is 4. The minimum absolute atomic E-state index is 0.196. The fourth-order valence-corrected chi connectivity index (χ4v) is 2.79. The number of rotatable bonds is 2. The number of phosphoric ester groups is 1. The van der Waals surface area contributed by atoms with Crippen LogP contribution >= 0.6 is 19.4 Å². The van der Waals surface area contributed by atoms with Gasteiger partial charge in [0.2, 0.25) is 5.39 Å². The van der Waals surface area contributed by atoms with E-state index in [4.69, 9.17) is 32.5 Å². The van der Waals surface area contributed by atoms with E-state index in [1.165, 1.54) is 6.07 Å². The lowest BCUT2D eigenvalue weighted by Crippen LogP contribution is -1.90. The molecule has 0 saturated carbocycles. The number of diazo groups is 1. The van der Waals surface area contributed by atoms with Crippen LogP contribution in [0.1, 0.15) is 5.56 Å². The first-order chi connectivity index (χ1) is 12.2. The van der Waals surface area contributed by atoms with Crippen LogP contribution in [0, 0.1) is 12.3 Å². The van der Waals surface area contributed by atoms with Gasteiger partial charge >= 0.3 is 13.5 Å². The van der Waals surface area contributed by atoms with Crippen LogP contribution < -0.4 is 10.3 Å². The van der Waals surface area contributed by atoms with Gasteiger partial charge in [-0.05, 0) is 30.0 Å². The first-order valence-electron chi connectivity index (χ1n) is 7.35. The van der Waals surface area contributed by atoms with E-state index >= 15 is 0 Å². The summed E-state index contributed by atoms with van der Waals surface area (Å²) in [5, 5.41) is 10.4. The number of fused-ring (bicyclic) bond motifs is 1. The third kappa shape index (κ3) is 5.19. The Kier molecular flexibility index (Phi) is 6.19. The van der Waals surface area contributed by atoms with Gasteiger partial charge in [0.1, 0.15) is 10.8 Å². The molecule has 0 saturated heterocycles. The van der Waals surface area contributed by atoms with Gasteiger partial charge in [0.05, 0.1) is 0 Å². The summed E-state index contributed by atoms with van der Waals surface area (Å²) in [6.45, 7) is 1.82. The standard InChI is InChI=1S/C10H9O4P.C7H7ClN3/c11-15(12,13)14-10-7-3-5-8-4-1-2-6-9(8)10;1-4-2-7(11-10)5(8)3-6(4)9/h1-7H,(H2,11,12,13);2-3H,9H2,1H3/q;+1. The van der Waals surface area contributed by atoms with Crippen LogP contribution in [0.15, 0.2) is 54.6 Å². The van der Waals surface area contributed by atoms with Gasteiger partial charge in [0.15, 0.2) is 4.98 Å². The molecule has 0 aliphatic heterocycles. The summed E-state index contributed by atoms with van der Waals surface area (Å²) in [5.74, 6) is 0.196. The Bertz CT molecular complexity index is 1020. The number of hydrogen-bond donors (Lipinski definition) is 3. The molecule has 3 aromatic rings. The molecule has 0 atom stereocenters. The van der Waals surface area contributed by atoms with E-state index in [-0.39, 0.29) is 5.75 Å². The zero-order valence-corrected chi connectivity index (χ0v) is 15.4. The molecule has 9 heteroatoms. The lowest BCUT2D eigenvalue weighted by atomic mass is 10.1. The van der Waals surface area contributed by atoms with Crippen molar-refractivity contribution in [3.05, 3.63) is 70.2 Å². The van der Waals surface area contributed by atoms with Crippen LogP contribution in [0.4, 0.5) is 11.4 Å². The highest BCUT2D eigenvalue weighted by Crippen LogP contribution is 2.40. The van der Waals surface area contributed by atoms with Crippen LogP contribution in [-0.2, 0) is 4.57 Å². The largest absolute Gasteiger partial charge is 0.524 e. The molecule has 0 amide bonds. The van der Waals surface area contributed by atoms with Crippen LogP contribution in [0.5, 0.6) is 5.75 Å². The molecule has 0 fully saturated rings. The van der Waals surface area contributed by atoms with Gasteiger partial charge < -0.3 is 10.3 Å². The van der Waals surface area contributed by atoms with Crippen molar-refractivity contribution in [3.8, 4) is 5.75 Å². The first kappa shape index (κ1) is 19.7. The van der Waals surface area contributed by atoms with Crippen molar-refractivity contribution in [3.63, 3.8) is 0 Å². The van der Waals surface area contributed by atoms with Gasteiger partial charge in [-0.15, -0.1) is 0 Å². The predicted molar refractivity (Wildman–Crippen MR) is 102 cm³/mol. The Morgan fingerprint density at radius 3 is 2.46 bits per heavy atom.